The Labute approximate surface area is 191 Å². The summed E-state index contributed by atoms with van der Waals surface area (Å²) in [6.45, 7) is 8.10. The van der Waals surface area contributed by atoms with Crippen molar-refractivity contribution in [2.24, 2.45) is 0 Å². The van der Waals surface area contributed by atoms with Crippen LogP contribution >= 0.6 is 11.8 Å². The molecule has 0 aliphatic heterocycles. The topological polar surface area (TPSA) is 64.0 Å². The van der Waals surface area contributed by atoms with E-state index in [-0.39, 0.29) is 17.2 Å². The molecule has 0 radical (unpaired) electrons. The number of nitrogens with zero attached hydrogens (tertiary/aromatic N) is 2. The van der Waals surface area contributed by atoms with E-state index >= 15 is 0 Å². The van der Waals surface area contributed by atoms with Crippen LogP contribution in [-0.4, -0.2) is 21.2 Å². The molecule has 4 rings (SSSR count). The number of thioether (sulfide) groups is 1. The van der Waals surface area contributed by atoms with Gasteiger partial charge in [0.2, 0.25) is 5.91 Å². The maximum absolute atomic E-state index is 13.4. The maximum atomic E-state index is 13.4. The molecule has 1 aromatic heterocycles. The van der Waals surface area contributed by atoms with Crippen molar-refractivity contribution in [1.29, 1.82) is 0 Å². The van der Waals surface area contributed by atoms with Crippen LogP contribution in [-0.2, 0) is 4.79 Å². The Balaban J connectivity index is 1.67. The van der Waals surface area contributed by atoms with Gasteiger partial charge >= 0.3 is 0 Å². The lowest BCUT2D eigenvalue weighted by Crippen LogP contribution is -2.23. The summed E-state index contributed by atoms with van der Waals surface area (Å²) in [5.74, 6) is -0.00460. The van der Waals surface area contributed by atoms with E-state index in [1.165, 1.54) is 17.3 Å². The van der Waals surface area contributed by atoms with Crippen molar-refractivity contribution < 1.29 is 4.79 Å². The lowest BCUT2D eigenvalue weighted by Gasteiger charge is -2.14. The van der Waals surface area contributed by atoms with E-state index in [2.05, 4.69) is 5.32 Å². The van der Waals surface area contributed by atoms with Gasteiger partial charge < -0.3 is 5.32 Å². The molecule has 1 amide bonds. The van der Waals surface area contributed by atoms with Gasteiger partial charge in [0.05, 0.1) is 22.3 Å². The van der Waals surface area contributed by atoms with Crippen LogP contribution in [0, 0.1) is 27.7 Å². The minimum absolute atomic E-state index is 0.141. The van der Waals surface area contributed by atoms with Crippen LogP contribution in [0.15, 0.2) is 70.6 Å². The van der Waals surface area contributed by atoms with E-state index < -0.39 is 0 Å². The largest absolute Gasteiger partial charge is 0.325 e. The van der Waals surface area contributed by atoms with Crippen LogP contribution in [0.25, 0.3) is 16.6 Å². The molecule has 5 nitrogen and oxygen atoms in total. The summed E-state index contributed by atoms with van der Waals surface area (Å²) in [7, 11) is 0. The maximum Gasteiger partial charge on any atom is 0.266 e. The highest BCUT2D eigenvalue weighted by Gasteiger charge is 2.15. The molecular formula is C26H25N3O2S. The van der Waals surface area contributed by atoms with E-state index in [9.17, 15) is 9.59 Å². The average Bonchev–Trinajstić information content (AvgIpc) is 2.77. The van der Waals surface area contributed by atoms with E-state index in [1.807, 2.05) is 82.3 Å². The molecule has 1 heterocycles. The molecular weight excluding hydrogens is 418 g/mol. The molecule has 0 aliphatic carbocycles. The highest BCUT2D eigenvalue weighted by atomic mass is 32.2. The van der Waals surface area contributed by atoms with Crippen LogP contribution in [0.1, 0.15) is 22.3 Å². The van der Waals surface area contributed by atoms with E-state index in [0.717, 1.165) is 28.1 Å². The Morgan fingerprint density at radius 2 is 1.59 bits per heavy atom. The van der Waals surface area contributed by atoms with Gasteiger partial charge in [0, 0.05) is 5.69 Å². The number of nitrogens with one attached hydrogen (secondary N) is 1. The summed E-state index contributed by atoms with van der Waals surface area (Å²) in [5.41, 5.74) is 6.52. The van der Waals surface area contributed by atoms with Crippen LogP contribution in [0.2, 0.25) is 0 Å². The van der Waals surface area contributed by atoms with Crippen LogP contribution in [0.4, 0.5) is 5.69 Å². The van der Waals surface area contributed by atoms with Crippen LogP contribution < -0.4 is 10.9 Å². The molecule has 0 spiro atoms. The third-order valence-corrected chi connectivity index (χ3v) is 6.56. The van der Waals surface area contributed by atoms with Crippen molar-refractivity contribution in [2.45, 2.75) is 32.9 Å². The molecule has 0 saturated heterocycles. The first-order valence-electron chi connectivity index (χ1n) is 10.4. The number of aryl methyl sites for hydroxylation is 4. The van der Waals surface area contributed by atoms with Crippen molar-refractivity contribution in [3.8, 4) is 5.69 Å². The summed E-state index contributed by atoms with van der Waals surface area (Å²) < 4.78 is 1.60. The summed E-state index contributed by atoms with van der Waals surface area (Å²) in [6, 6.07) is 19.0. The van der Waals surface area contributed by atoms with Crippen molar-refractivity contribution in [3.63, 3.8) is 0 Å². The van der Waals surface area contributed by atoms with E-state index in [4.69, 9.17) is 4.98 Å². The number of fused-ring (bicyclic) bond motifs is 1. The normalized spacial score (nSPS) is 11.0. The number of carbonyl (C=O) groups is 1. The van der Waals surface area contributed by atoms with Crippen molar-refractivity contribution >= 4 is 34.3 Å². The molecule has 0 saturated carbocycles. The fourth-order valence-electron chi connectivity index (χ4n) is 3.45. The molecule has 0 bridgehead atoms. The Morgan fingerprint density at radius 3 is 2.31 bits per heavy atom. The zero-order valence-corrected chi connectivity index (χ0v) is 19.4. The average molecular weight is 444 g/mol. The number of benzene rings is 3. The number of amides is 1. The van der Waals surface area contributed by atoms with Crippen molar-refractivity contribution in [2.75, 3.05) is 11.1 Å². The molecule has 0 unspecified atom stereocenters. The second-order valence-electron chi connectivity index (χ2n) is 7.96. The predicted octanol–water partition coefficient (Wildman–Crippen LogP) is 5.35. The van der Waals surface area contributed by atoms with Crippen molar-refractivity contribution in [1.82, 2.24) is 9.55 Å². The summed E-state index contributed by atoms with van der Waals surface area (Å²) >= 11 is 1.26. The van der Waals surface area contributed by atoms with Crippen LogP contribution in [0.5, 0.6) is 0 Å². The molecule has 3 aromatic carbocycles. The first-order chi connectivity index (χ1) is 15.3. The molecule has 0 aliphatic rings. The molecule has 6 heteroatoms. The van der Waals surface area contributed by atoms with Gasteiger partial charge in [-0.2, -0.15) is 0 Å². The lowest BCUT2D eigenvalue weighted by molar-refractivity contribution is -0.113. The second kappa shape index (κ2) is 9.01. The quantitative estimate of drug-likeness (QED) is 0.334. The Morgan fingerprint density at radius 1 is 0.906 bits per heavy atom. The smallest absolute Gasteiger partial charge is 0.266 e. The number of carbonyl (C=O) groups excluding carboxylic acids is 1. The molecule has 4 aromatic rings. The summed E-state index contributed by atoms with van der Waals surface area (Å²) in [5, 5.41) is 3.98. The van der Waals surface area contributed by atoms with E-state index in [1.54, 1.807) is 10.6 Å². The third kappa shape index (κ3) is 4.46. The first kappa shape index (κ1) is 21.8. The van der Waals surface area contributed by atoms with Crippen LogP contribution in [0.3, 0.4) is 0 Å². The minimum Gasteiger partial charge on any atom is -0.325 e. The van der Waals surface area contributed by atoms with Gasteiger partial charge in [0.15, 0.2) is 5.16 Å². The third-order valence-electron chi connectivity index (χ3n) is 5.62. The molecule has 1 N–H and O–H groups in total. The van der Waals surface area contributed by atoms with Gasteiger partial charge in [-0.15, -0.1) is 0 Å². The SMILES string of the molecule is Cc1ccc(NC(=O)CSc2nc3ccccc3c(=O)n2-c2ccc(C)c(C)c2)cc1C. The van der Waals surface area contributed by atoms with E-state index in [0.29, 0.717) is 16.1 Å². The van der Waals surface area contributed by atoms with Gasteiger partial charge in [-0.25, -0.2) is 4.98 Å². The number of hydrogen-bond acceptors (Lipinski definition) is 4. The zero-order chi connectivity index (χ0) is 22.8. The Kier molecular flexibility index (Phi) is 6.15. The summed E-state index contributed by atoms with van der Waals surface area (Å²) in [6.07, 6.45) is 0. The van der Waals surface area contributed by atoms with Gasteiger partial charge in [0.1, 0.15) is 0 Å². The lowest BCUT2D eigenvalue weighted by atomic mass is 10.1. The molecule has 0 fully saturated rings. The van der Waals surface area contributed by atoms with Gasteiger partial charge in [-0.05, 0) is 86.3 Å². The van der Waals surface area contributed by atoms with Crippen molar-refractivity contribution in [3.05, 3.63) is 93.3 Å². The fraction of sp³-hybridized carbons (Fsp3) is 0.192. The number of hydrogen-bond donors (Lipinski definition) is 1. The minimum atomic E-state index is -0.146. The summed E-state index contributed by atoms with van der Waals surface area (Å²) in [4.78, 5) is 30.7. The monoisotopic (exact) mass is 443 g/mol. The standard InChI is InChI=1S/C26H25N3O2S/c1-16-9-11-20(13-18(16)3)27-24(30)15-32-26-28-23-8-6-5-7-22(23)25(31)29(26)21-12-10-17(2)19(4)14-21/h5-14H,15H2,1-4H3,(H,27,30). The van der Waals surface area contributed by atoms with Gasteiger partial charge in [0.25, 0.3) is 5.56 Å². The second-order valence-corrected chi connectivity index (χ2v) is 8.90. The number of aromatic nitrogens is 2. The van der Waals surface area contributed by atoms with Gasteiger partial charge in [-0.3, -0.25) is 14.2 Å². The highest BCUT2D eigenvalue weighted by Crippen LogP contribution is 2.23. The Bertz CT molecular complexity index is 1390. The molecule has 32 heavy (non-hydrogen) atoms. The zero-order valence-electron chi connectivity index (χ0n) is 18.6. The number of anilines is 1. The fourth-order valence-corrected chi connectivity index (χ4v) is 4.26. The molecule has 162 valence electrons. The van der Waals surface area contributed by atoms with Gasteiger partial charge in [-0.1, -0.05) is 36.0 Å². The number of rotatable bonds is 5. The number of para-hydroxylation sites is 1. The molecule has 0 atom stereocenters. The Hall–Kier alpha value is -3.38. The highest BCUT2D eigenvalue weighted by molar-refractivity contribution is 7.99. The predicted molar refractivity (Wildman–Crippen MR) is 132 cm³/mol. The first-order valence-corrected chi connectivity index (χ1v) is 11.4.